The van der Waals surface area contributed by atoms with Gasteiger partial charge in [0.2, 0.25) is 12.3 Å². The zero-order valence-electron chi connectivity index (χ0n) is 16.9. The largest absolute Gasteiger partial charge is 0.356 e. The molecule has 2 atom stereocenters. The van der Waals surface area contributed by atoms with Gasteiger partial charge in [-0.25, -0.2) is 0 Å². The van der Waals surface area contributed by atoms with Crippen LogP contribution in [0, 0.1) is 0 Å². The Labute approximate surface area is 162 Å². The lowest BCUT2D eigenvalue weighted by atomic mass is 10.1. The van der Waals surface area contributed by atoms with E-state index in [1.807, 2.05) is 51.1 Å². The van der Waals surface area contributed by atoms with Gasteiger partial charge in [-0.15, -0.1) is 0 Å². The molecule has 1 aromatic rings. The first kappa shape index (κ1) is 23.0. The first-order valence-electron chi connectivity index (χ1n) is 9.22. The Bertz CT molecular complexity index is 635. The number of carbonyl (C=O) groups is 2. The zero-order valence-corrected chi connectivity index (χ0v) is 16.9. The molecule has 0 spiro atoms. The van der Waals surface area contributed by atoms with Gasteiger partial charge in [-0.1, -0.05) is 36.4 Å². The third-order valence-electron chi connectivity index (χ3n) is 3.70. The standard InChI is InChI=1S/C21H32N2O4/c1-15(24)11-13-18(14-12-17-9-7-6-8-10-17)23-19(25)16(2)22-20(26)27-21(3,4)5/h6-10,13,16,20,22,26H,11-12,14H2,1-5H3,(H,23,25)/b18-13+. The second-order valence-electron chi connectivity index (χ2n) is 7.58. The van der Waals surface area contributed by atoms with E-state index in [1.165, 1.54) is 6.92 Å². The maximum Gasteiger partial charge on any atom is 0.241 e. The molecule has 27 heavy (non-hydrogen) atoms. The van der Waals surface area contributed by atoms with Crippen molar-refractivity contribution in [1.82, 2.24) is 10.6 Å². The van der Waals surface area contributed by atoms with E-state index >= 15 is 0 Å². The number of benzene rings is 1. The van der Waals surface area contributed by atoms with Gasteiger partial charge in [-0.3, -0.25) is 14.9 Å². The number of nitrogens with one attached hydrogen (secondary N) is 2. The molecule has 3 N–H and O–H groups in total. The van der Waals surface area contributed by atoms with Crippen LogP contribution in [0.4, 0.5) is 0 Å². The molecule has 1 rings (SSSR count). The highest BCUT2D eigenvalue weighted by molar-refractivity contribution is 5.83. The first-order chi connectivity index (χ1) is 12.6. The summed E-state index contributed by atoms with van der Waals surface area (Å²) in [5.74, 6) is -0.268. The van der Waals surface area contributed by atoms with Crippen molar-refractivity contribution < 1.29 is 19.4 Å². The van der Waals surface area contributed by atoms with Crippen molar-refractivity contribution in [3.63, 3.8) is 0 Å². The molecule has 0 bridgehead atoms. The summed E-state index contributed by atoms with van der Waals surface area (Å²) >= 11 is 0. The van der Waals surface area contributed by atoms with Crippen LogP contribution in [0.3, 0.4) is 0 Å². The Morgan fingerprint density at radius 3 is 2.41 bits per heavy atom. The number of aliphatic hydroxyl groups excluding tert-OH is 1. The number of aryl methyl sites for hydroxylation is 1. The number of ketones is 1. The number of ether oxygens (including phenoxy) is 1. The molecule has 0 heterocycles. The normalized spacial score (nSPS) is 14.5. The summed E-state index contributed by atoms with van der Waals surface area (Å²) in [5, 5.41) is 15.5. The minimum Gasteiger partial charge on any atom is -0.356 e. The summed E-state index contributed by atoms with van der Waals surface area (Å²) in [7, 11) is 0. The van der Waals surface area contributed by atoms with Crippen LogP contribution in [0.1, 0.15) is 53.0 Å². The summed E-state index contributed by atoms with van der Waals surface area (Å²) < 4.78 is 5.35. The number of hydrogen-bond donors (Lipinski definition) is 3. The monoisotopic (exact) mass is 376 g/mol. The van der Waals surface area contributed by atoms with Gasteiger partial charge in [0.1, 0.15) is 5.78 Å². The molecule has 1 amide bonds. The lowest BCUT2D eigenvalue weighted by molar-refractivity contribution is -0.186. The Kier molecular flexibility index (Phi) is 9.35. The summed E-state index contributed by atoms with van der Waals surface area (Å²) in [6.45, 7) is 8.60. The van der Waals surface area contributed by atoms with E-state index in [4.69, 9.17) is 4.74 Å². The number of allylic oxidation sites excluding steroid dienone is 2. The molecule has 2 unspecified atom stereocenters. The molecule has 1 aromatic carbocycles. The van der Waals surface area contributed by atoms with Gasteiger partial charge in [0, 0.05) is 12.1 Å². The van der Waals surface area contributed by atoms with Crippen molar-refractivity contribution in [1.29, 1.82) is 0 Å². The molecule has 0 aliphatic rings. The fraction of sp³-hybridized carbons (Fsp3) is 0.524. The molecule has 0 aromatic heterocycles. The van der Waals surface area contributed by atoms with E-state index < -0.39 is 18.1 Å². The Morgan fingerprint density at radius 2 is 1.85 bits per heavy atom. The van der Waals surface area contributed by atoms with E-state index in [-0.39, 0.29) is 18.1 Å². The molecule has 0 fully saturated rings. The number of carbonyl (C=O) groups excluding carboxylic acids is 2. The minimum absolute atomic E-state index is 0.0293. The Morgan fingerprint density at radius 1 is 1.22 bits per heavy atom. The molecule has 6 nitrogen and oxygen atoms in total. The fourth-order valence-electron chi connectivity index (χ4n) is 2.33. The van der Waals surface area contributed by atoms with Crippen LogP contribution in [-0.2, 0) is 20.7 Å². The molecule has 0 saturated heterocycles. The Balaban J connectivity index is 2.65. The van der Waals surface area contributed by atoms with Crippen molar-refractivity contribution in [3.05, 3.63) is 47.7 Å². The van der Waals surface area contributed by atoms with Crippen LogP contribution in [-0.4, -0.2) is 34.9 Å². The molecule has 6 heteroatoms. The minimum atomic E-state index is -1.25. The lowest BCUT2D eigenvalue weighted by Gasteiger charge is -2.26. The van der Waals surface area contributed by atoms with Gasteiger partial charge in [0.25, 0.3) is 0 Å². The Hall–Kier alpha value is -2.02. The van der Waals surface area contributed by atoms with E-state index in [9.17, 15) is 14.7 Å². The van der Waals surface area contributed by atoms with Crippen LogP contribution in [0.2, 0.25) is 0 Å². The summed E-state index contributed by atoms with van der Waals surface area (Å²) in [4.78, 5) is 23.7. The van der Waals surface area contributed by atoms with Crippen molar-refractivity contribution in [2.75, 3.05) is 0 Å². The molecule has 0 saturated carbocycles. The predicted octanol–water partition coefficient (Wildman–Crippen LogP) is 2.67. The van der Waals surface area contributed by atoms with Crippen molar-refractivity contribution in [2.45, 2.75) is 71.9 Å². The van der Waals surface area contributed by atoms with E-state index in [1.54, 1.807) is 13.0 Å². The topological polar surface area (TPSA) is 87.7 Å². The lowest BCUT2D eigenvalue weighted by Crippen LogP contribution is -2.49. The summed E-state index contributed by atoms with van der Waals surface area (Å²) in [6.07, 6.45) is 2.12. The third-order valence-corrected chi connectivity index (χ3v) is 3.70. The highest BCUT2D eigenvalue weighted by Crippen LogP contribution is 2.10. The molecule has 0 aliphatic carbocycles. The van der Waals surface area contributed by atoms with Gasteiger partial charge in [-0.05, 0) is 53.0 Å². The molecular formula is C21H32N2O4. The third kappa shape index (κ3) is 10.7. The van der Waals surface area contributed by atoms with Crippen LogP contribution < -0.4 is 10.6 Å². The quantitative estimate of drug-likeness (QED) is 0.547. The predicted molar refractivity (Wildman–Crippen MR) is 106 cm³/mol. The highest BCUT2D eigenvalue weighted by atomic mass is 16.6. The smallest absolute Gasteiger partial charge is 0.241 e. The average Bonchev–Trinajstić information content (AvgIpc) is 2.56. The number of aliphatic hydroxyl groups is 1. The maximum absolute atomic E-state index is 12.4. The van der Waals surface area contributed by atoms with E-state index in [0.717, 1.165) is 12.0 Å². The SMILES string of the molecule is CC(=O)C/C=C(\CCc1ccccc1)NC(=O)C(C)NC(O)OC(C)(C)C. The van der Waals surface area contributed by atoms with Crippen molar-refractivity contribution >= 4 is 11.7 Å². The first-order valence-corrected chi connectivity index (χ1v) is 9.22. The second kappa shape index (κ2) is 11.0. The van der Waals surface area contributed by atoms with Crippen LogP contribution in [0.25, 0.3) is 0 Å². The van der Waals surface area contributed by atoms with Gasteiger partial charge < -0.3 is 15.2 Å². The summed E-state index contributed by atoms with van der Waals surface area (Å²) in [5.41, 5.74) is 1.31. The van der Waals surface area contributed by atoms with E-state index in [0.29, 0.717) is 12.1 Å². The van der Waals surface area contributed by atoms with Crippen molar-refractivity contribution in [2.24, 2.45) is 0 Å². The number of Topliss-reactive ketones (excluding diaryl/α,β-unsaturated/α-hetero) is 1. The van der Waals surface area contributed by atoms with Gasteiger partial charge in [-0.2, -0.15) is 0 Å². The summed E-state index contributed by atoms with van der Waals surface area (Å²) in [6, 6.07) is 9.27. The van der Waals surface area contributed by atoms with Crippen LogP contribution in [0.15, 0.2) is 42.1 Å². The van der Waals surface area contributed by atoms with Gasteiger partial charge >= 0.3 is 0 Å². The number of hydrogen-bond acceptors (Lipinski definition) is 5. The van der Waals surface area contributed by atoms with Gasteiger partial charge in [0.05, 0.1) is 11.6 Å². The average molecular weight is 376 g/mol. The molecular weight excluding hydrogens is 344 g/mol. The maximum atomic E-state index is 12.4. The second-order valence-corrected chi connectivity index (χ2v) is 7.58. The van der Waals surface area contributed by atoms with Crippen LogP contribution in [0.5, 0.6) is 0 Å². The molecule has 0 aliphatic heterocycles. The highest BCUT2D eigenvalue weighted by Gasteiger charge is 2.21. The van der Waals surface area contributed by atoms with Gasteiger partial charge in [0.15, 0.2) is 0 Å². The van der Waals surface area contributed by atoms with Crippen LogP contribution >= 0.6 is 0 Å². The number of amides is 1. The fourth-order valence-corrected chi connectivity index (χ4v) is 2.33. The van der Waals surface area contributed by atoms with E-state index in [2.05, 4.69) is 10.6 Å². The molecule has 150 valence electrons. The number of rotatable bonds is 10. The van der Waals surface area contributed by atoms with Crippen molar-refractivity contribution in [3.8, 4) is 0 Å². The zero-order chi connectivity index (χ0) is 20.4. The molecule has 0 radical (unpaired) electrons.